The van der Waals surface area contributed by atoms with Gasteiger partial charge in [-0.3, -0.25) is 4.99 Å². The molecule has 110 valence electrons. The Morgan fingerprint density at radius 3 is 2.84 bits per heavy atom. The molecule has 0 aromatic heterocycles. The Labute approximate surface area is 133 Å². The van der Waals surface area contributed by atoms with Crippen molar-refractivity contribution in [3.63, 3.8) is 0 Å². The van der Waals surface area contributed by atoms with Crippen LogP contribution < -0.4 is 5.73 Å². The normalized spacial score (nSPS) is 38.4. The van der Waals surface area contributed by atoms with Crippen LogP contribution in [0.5, 0.6) is 0 Å². The lowest BCUT2D eigenvalue weighted by molar-refractivity contribution is 0.00526. The highest BCUT2D eigenvalue weighted by Crippen LogP contribution is 2.48. The molecule has 0 amide bonds. The number of nitrogens with two attached hydrogens (primary N) is 1. The maximum Gasteiger partial charge on any atom is 0.191 e. The predicted octanol–water partition coefficient (Wildman–Crippen LogP) is 2.08. The molecule has 4 nitrogen and oxygen atoms in total. The zero-order valence-electron chi connectivity index (χ0n) is 11.8. The summed E-state index contributed by atoms with van der Waals surface area (Å²) in [5, 5.41) is 0. The van der Waals surface area contributed by atoms with Gasteiger partial charge in [0, 0.05) is 19.6 Å². The van der Waals surface area contributed by atoms with E-state index in [-0.39, 0.29) is 30.1 Å². The first-order valence-electron chi connectivity index (χ1n) is 7.39. The van der Waals surface area contributed by atoms with Gasteiger partial charge in [-0.1, -0.05) is 6.42 Å². The number of hydrogen-bond acceptors (Lipinski definition) is 2. The largest absolute Gasteiger partial charge is 0.375 e. The third kappa shape index (κ3) is 3.54. The van der Waals surface area contributed by atoms with E-state index in [2.05, 4.69) is 16.8 Å². The number of rotatable bonds is 2. The van der Waals surface area contributed by atoms with Crippen LogP contribution in [0.25, 0.3) is 0 Å². The smallest absolute Gasteiger partial charge is 0.191 e. The van der Waals surface area contributed by atoms with E-state index in [1.807, 2.05) is 0 Å². The lowest BCUT2D eigenvalue weighted by atomic mass is 9.89. The van der Waals surface area contributed by atoms with Crippen molar-refractivity contribution < 1.29 is 4.74 Å². The fourth-order valence-corrected chi connectivity index (χ4v) is 3.94. The van der Waals surface area contributed by atoms with Crippen LogP contribution in [0.4, 0.5) is 0 Å². The molecule has 0 radical (unpaired) electrons. The van der Waals surface area contributed by atoms with Crippen molar-refractivity contribution in [1.82, 2.24) is 4.90 Å². The van der Waals surface area contributed by atoms with Gasteiger partial charge >= 0.3 is 0 Å². The Hall–Kier alpha value is -0.0400. The molecule has 3 fully saturated rings. The summed E-state index contributed by atoms with van der Waals surface area (Å²) in [5.41, 5.74) is 6.11. The zero-order valence-corrected chi connectivity index (χ0v) is 14.1. The second-order valence-electron chi connectivity index (χ2n) is 6.26. The minimum absolute atomic E-state index is 0. The van der Waals surface area contributed by atoms with Gasteiger partial charge in [0.05, 0.1) is 12.7 Å². The lowest BCUT2D eigenvalue weighted by Crippen LogP contribution is -2.48. The molecule has 0 spiro atoms. The first kappa shape index (κ1) is 15.4. The SMILES string of the molecule is CC1CN(C(N)=NCC2CC3CCC2C3)CCO1.I. The minimum atomic E-state index is 0. The summed E-state index contributed by atoms with van der Waals surface area (Å²) in [6.45, 7) is 5.57. The fraction of sp³-hybridized carbons (Fsp3) is 0.929. The topological polar surface area (TPSA) is 50.8 Å². The standard InChI is InChI=1S/C14H25N3O.HI/c1-10-9-17(4-5-18-10)14(15)16-8-13-7-11-2-3-12(13)6-11;/h10-13H,2-9H2,1H3,(H2,15,16);1H. The third-order valence-electron chi connectivity index (χ3n) is 4.94. The third-order valence-corrected chi connectivity index (χ3v) is 4.94. The Morgan fingerprint density at radius 1 is 1.37 bits per heavy atom. The zero-order chi connectivity index (χ0) is 12.5. The molecule has 3 aliphatic rings. The van der Waals surface area contributed by atoms with Crippen molar-refractivity contribution in [3.05, 3.63) is 0 Å². The summed E-state index contributed by atoms with van der Waals surface area (Å²) in [7, 11) is 0. The van der Waals surface area contributed by atoms with Gasteiger partial charge in [-0.05, 0) is 43.9 Å². The molecule has 4 unspecified atom stereocenters. The Morgan fingerprint density at radius 2 is 2.21 bits per heavy atom. The summed E-state index contributed by atoms with van der Waals surface area (Å²) in [4.78, 5) is 6.82. The first-order valence-corrected chi connectivity index (χ1v) is 7.39. The molecule has 3 rings (SSSR count). The van der Waals surface area contributed by atoms with Crippen LogP contribution in [-0.4, -0.2) is 43.2 Å². The fourth-order valence-electron chi connectivity index (χ4n) is 3.94. The van der Waals surface area contributed by atoms with Gasteiger partial charge in [0.15, 0.2) is 5.96 Å². The maximum atomic E-state index is 6.11. The molecule has 1 saturated heterocycles. The van der Waals surface area contributed by atoms with E-state index in [1.54, 1.807) is 0 Å². The van der Waals surface area contributed by atoms with E-state index in [4.69, 9.17) is 10.5 Å². The van der Waals surface area contributed by atoms with Crippen LogP contribution >= 0.6 is 24.0 Å². The summed E-state index contributed by atoms with van der Waals surface area (Å²) >= 11 is 0. The van der Waals surface area contributed by atoms with Crippen LogP contribution in [0.1, 0.15) is 32.6 Å². The average Bonchev–Trinajstić information content (AvgIpc) is 2.98. The molecule has 19 heavy (non-hydrogen) atoms. The highest BCUT2D eigenvalue weighted by Gasteiger charge is 2.39. The highest BCUT2D eigenvalue weighted by molar-refractivity contribution is 14.0. The van der Waals surface area contributed by atoms with Gasteiger partial charge in [-0.25, -0.2) is 0 Å². The van der Waals surface area contributed by atoms with E-state index in [0.29, 0.717) is 0 Å². The van der Waals surface area contributed by atoms with Crippen molar-refractivity contribution in [2.24, 2.45) is 28.5 Å². The molecular formula is C14H26IN3O. The van der Waals surface area contributed by atoms with Crippen molar-refractivity contribution in [1.29, 1.82) is 0 Å². The van der Waals surface area contributed by atoms with Gasteiger partial charge < -0.3 is 15.4 Å². The molecule has 2 N–H and O–H groups in total. The lowest BCUT2D eigenvalue weighted by Gasteiger charge is -2.32. The van der Waals surface area contributed by atoms with E-state index >= 15 is 0 Å². The molecule has 5 heteroatoms. The number of aliphatic imine (C=N–C) groups is 1. The predicted molar refractivity (Wildman–Crippen MR) is 87.8 cm³/mol. The second kappa shape index (κ2) is 6.61. The first-order chi connectivity index (χ1) is 8.72. The van der Waals surface area contributed by atoms with Crippen LogP contribution in [0.3, 0.4) is 0 Å². The number of halogens is 1. The van der Waals surface area contributed by atoms with Crippen molar-refractivity contribution >= 4 is 29.9 Å². The molecule has 0 aromatic carbocycles. The molecule has 2 bridgehead atoms. The van der Waals surface area contributed by atoms with Crippen LogP contribution in [0, 0.1) is 17.8 Å². The average molecular weight is 379 g/mol. The van der Waals surface area contributed by atoms with Crippen LogP contribution in [-0.2, 0) is 4.74 Å². The number of ether oxygens (including phenoxy) is 1. The Bertz CT molecular complexity index is 337. The summed E-state index contributed by atoms with van der Waals surface area (Å²) in [6.07, 6.45) is 6.01. The monoisotopic (exact) mass is 379 g/mol. The summed E-state index contributed by atoms with van der Waals surface area (Å²) < 4.78 is 5.52. The molecule has 1 aliphatic heterocycles. The quantitative estimate of drug-likeness (QED) is 0.454. The van der Waals surface area contributed by atoms with Crippen LogP contribution in [0.15, 0.2) is 4.99 Å². The second-order valence-corrected chi connectivity index (χ2v) is 6.26. The summed E-state index contributed by atoms with van der Waals surface area (Å²) in [5.74, 6) is 3.48. The highest BCUT2D eigenvalue weighted by atomic mass is 127. The van der Waals surface area contributed by atoms with Crippen LogP contribution in [0.2, 0.25) is 0 Å². The number of nitrogens with zero attached hydrogens (tertiary/aromatic N) is 2. The van der Waals surface area contributed by atoms with E-state index in [9.17, 15) is 0 Å². The summed E-state index contributed by atoms with van der Waals surface area (Å²) in [6, 6.07) is 0. The molecule has 1 heterocycles. The minimum Gasteiger partial charge on any atom is -0.375 e. The van der Waals surface area contributed by atoms with Gasteiger partial charge in [-0.2, -0.15) is 0 Å². The molecule has 0 aromatic rings. The van der Waals surface area contributed by atoms with Gasteiger partial charge in [-0.15, -0.1) is 24.0 Å². The number of fused-ring (bicyclic) bond motifs is 2. The number of hydrogen-bond donors (Lipinski definition) is 1. The van der Waals surface area contributed by atoms with E-state index < -0.39 is 0 Å². The maximum absolute atomic E-state index is 6.11. The van der Waals surface area contributed by atoms with Gasteiger partial charge in [0.2, 0.25) is 0 Å². The number of morpholine rings is 1. The molecular weight excluding hydrogens is 353 g/mol. The molecule has 2 saturated carbocycles. The molecule has 4 atom stereocenters. The molecule has 2 aliphatic carbocycles. The van der Waals surface area contributed by atoms with Crippen molar-refractivity contribution in [2.75, 3.05) is 26.2 Å². The van der Waals surface area contributed by atoms with Gasteiger partial charge in [0.25, 0.3) is 0 Å². The van der Waals surface area contributed by atoms with Crippen molar-refractivity contribution in [2.45, 2.75) is 38.7 Å². The Kier molecular flexibility index (Phi) is 5.34. The van der Waals surface area contributed by atoms with Gasteiger partial charge in [0.1, 0.15) is 0 Å². The van der Waals surface area contributed by atoms with Crippen molar-refractivity contribution in [3.8, 4) is 0 Å². The number of guanidine groups is 1. The Balaban J connectivity index is 0.00000133. The van der Waals surface area contributed by atoms with E-state index in [1.165, 1.54) is 25.7 Å². The van der Waals surface area contributed by atoms with E-state index in [0.717, 1.165) is 50.0 Å².